The summed E-state index contributed by atoms with van der Waals surface area (Å²) in [7, 11) is -4.13. The van der Waals surface area contributed by atoms with Crippen LogP contribution in [0.25, 0.3) is 0 Å². The van der Waals surface area contributed by atoms with Gasteiger partial charge in [-0.25, -0.2) is 17.2 Å². The van der Waals surface area contributed by atoms with E-state index >= 15 is 0 Å². The van der Waals surface area contributed by atoms with Gasteiger partial charge in [-0.2, -0.15) is 0 Å². The predicted molar refractivity (Wildman–Crippen MR) is 74.5 cm³/mol. The molecule has 0 bridgehead atoms. The van der Waals surface area contributed by atoms with Crippen molar-refractivity contribution in [1.82, 2.24) is 0 Å². The van der Waals surface area contributed by atoms with Crippen molar-refractivity contribution < 1.29 is 22.3 Å². The zero-order valence-corrected chi connectivity index (χ0v) is 12.0. The summed E-state index contributed by atoms with van der Waals surface area (Å²) in [6.07, 6.45) is 0. The third-order valence-electron chi connectivity index (χ3n) is 2.67. The van der Waals surface area contributed by atoms with E-state index in [1.165, 1.54) is 6.07 Å². The summed E-state index contributed by atoms with van der Waals surface area (Å²) in [5, 5.41) is 9.10. The van der Waals surface area contributed by atoms with Crippen LogP contribution in [0.5, 0.6) is 0 Å². The molecule has 2 aromatic carbocycles. The quantitative estimate of drug-likeness (QED) is 0.904. The Labute approximate surface area is 125 Å². The normalized spacial score (nSPS) is 11.4. The average Bonchev–Trinajstić information content (AvgIpc) is 2.43. The lowest BCUT2D eigenvalue weighted by Gasteiger charge is -2.10. The van der Waals surface area contributed by atoms with E-state index < -0.39 is 28.3 Å². The first-order chi connectivity index (χ1) is 9.83. The molecule has 8 heteroatoms. The maximum Gasteiger partial charge on any atom is 0.262 e. The first kappa shape index (κ1) is 15.7. The van der Waals surface area contributed by atoms with Crippen molar-refractivity contribution >= 4 is 27.3 Å². The molecule has 112 valence electrons. The zero-order chi connectivity index (χ0) is 15.6. The van der Waals surface area contributed by atoms with E-state index in [0.29, 0.717) is 0 Å². The van der Waals surface area contributed by atoms with Gasteiger partial charge in [0.15, 0.2) is 0 Å². The number of aliphatic hydroxyl groups excluding tert-OH is 1. The number of aliphatic hydroxyl groups is 1. The molecule has 0 fully saturated rings. The van der Waals surface area contributed by atoms with Gasteiger partial charge >= 0.3 is 0 Å². The summed E-state index contributed by atoms with van der Waals surface area (Å²) in [6, 6.07) is 6.30. The SMILES string of the molecule is O=S(=O)(Nc1cc(Cl)ccc1F)c1ccc(F)c(CO)c1. The van der Waals surface area contributed by atoms with Crippen LogP contribution in [-0.4, -0.2) is 13.5 Å². The van der Waals surface area contributed by atoms with Crippen LogP contribution >= 0.6 is 11.6 Å². The van der Waals surface area contributed by atoms with Gasteiger partial charge in [0, 0.05) is 10.6 Å². The fourth-order valence-corrected chi connectivity index (χ4v) is 2.90. The lowest BCUT2D eigenvalue weighted by Crippen LogP contribution is -2.14. The van der Waals surface area contributed by atoms with Crippen molar-refractivity contribution in [2.45, 2.75) is 11.5 Å². The van der Waals surface area contributed by atoms with Gasteiger partial charge in [-0.1, -0.05) is 11.6 Å². The topological polar surface area (TPSA) is 66.4 Å². The Hall–Kier alpha value is -1.70. The summed E-state index contributed by atoms with van der Waals surface area (Å²) in [6.45, 7) is -0.652. The molecule has 0 atom stereocenters. The van der Waals surface area contributed by atoms with Gasteiger partial charge in [0.25, 0.3) is 10.0 Å². The Morgan fingerprint density at radius 2 is 1.76 bits per heavy atom. The Kier molecular flexibility index (Phi) is 4.46. The van der Waals surface area contributed by atoms with E-state index in [9.17, 15) is 17.2 Å². The summed E-state index contributed by atoms with van der Waals surface area (Å²) in [5.41, 5.74) is -0.498. The molecule has 0 radical (unpaired) electrons. The van der Waals surface area contributed by atoms with Crippen molar-refractivity contribution in [3.63, 3.8) is 0 Å². The molecular weight excluding hydrogens is 324 g/mol. The summed E-state index contributed by atoms with van der Waals surface area (Å²) in [4.78, 5) is -0.299. The Morgan fingerprint density at radius 1 is 1.10 bits per heavy atom. The van der Waals surface area contributed by atoms with Gasteiger partial charge in [-0.3, -0.25) is 4.72 Å². The molecule has 0 heterocycles. The number of halogens is 3. The van der Waals surface area contributed by atoms with Crippen molar-refractivity contribution in [1.29, 1.82) is 0 Å². The van der Waals surface area contributed by atoms with Gasteiger partial charge in [0.1, 0.15) is 11.6 Å². The minimum atomic E-state index is -4.13. The number of hydrogen-bond acceptors (Lipinski definition) is 3. The highest BCUT2D eigenvalue weighted by atomic mass is 35.5. The molecule has 0 spiro atoms. The van der Waals surface area contributed by atoms with Gasteiger partial charge in [-0.05, 0) is 36.4 Å². The largest absolute Gasteiger partial charge is 0.392 e. The van der Waals surface area contributed by atoms with E-state index in [0.717, 1.165) is 30.3 Å². The highest BCUT2D eigenvalue weighted by Crippen LogP contribution is 2.23. The Bertz CT molecular complexity index is 781. The van der Waals surface area contributed by atoms with E-state index in [1.54, 1.807) is 0 Å². The molecule has 0 unspecified atom stereocenters. The van der Waals surface area contributed by atoms with E-state index in [-0.39, 0.29) is 21.2 Å². The maximum atomic E-state index is 13.5. The van der Waals surface area contributed by atoms with Gasteiger partial charge in [-0.15, -0.1) is 0 Å². The van der Waals surface area contributed by atoms with Crippen LogP contribution < -0.4 is 4.72 Å². The molecule has 2 N–H and O–H groups in total. The van der Waals surface area contributed by atoms with Gasteiger partial charge in [0.2, 0.25) is 0 Å². The Balaban J connectivity index is 2.41. The number of sulfonamides is 1. The first-order valence-electron chi connectivity index (χ1n) is 5.70. The second kappa shape index (κ2) is 5.97. The molecule has 0 aliphatic carbocycles. The average molecular weight is 334 g/mol. The number of benzene rings is 2. The highest BCUT2D eigenvalue weighted by molar-refractivity contribution is 7.92. The zero-order valence-electron chi connectivity index (χ0n) is 10.5. The van der Waals surface area contributed by atoms with Crippen molar-refractivity contribution in [2.24, 2.45) is 0 Å². The lowest BCUT2D eigenvalue weighted by molar-refractivity contribution is 0.275. The number of anilines is 1. The predicted octanol–water partition coefficient (Wildman–Crippen LogP) is 2.91. The summed E-state index contributed by atoms with van der Waals surface area (Å²) < 4.78 is 53.1. The Morgan fingerprint density at radius 3 is 2.43 bits per heavy atom. The van der Waals surface area contributed by atoms with Gasteiger partial charge in [0.05, 0.1) is 17.2 Å². The lowest BCUT2D eigenvalue weighted by atomic mass is 10.2. The first-order valence-corrected chi connectivity index (χ1v) is 7.57. The molecule has 0 amide bonds. The summed E-state index contributed by atoms with van der Waals surface area (Å²) in [5.74, 6) is -1.53. The van der Waals surface area contributed by atoms with E-state index in [2.05, 4.69) is 0 Å². The highest BCUT2D eigenvalue weighted by Gasteiger charge is 2.18. The molecule has 4 nitrogen and oxygen atoms in total. The van der Waals surface area contributed by atoms with Crippen molar-refractivity contribution in [3.8, 4) is 0 Å². The van der Waals surface area contributed by atoms with E-state index in [4.69, 9.17) is 16.7 Å². The summed E-state index contributed by atoms with van der Waals surface area (Å²) >= 11 is 5.68. The van der Waals surface area contributed by atoms with Crippen LogP contribution in [0.2, 0.25) is 5.02 Å². The minimum absolute atomic E-state index is 0.157. The number of hydrogen-bond donors (Lipinski definition) is 2. The molecule has 0 saturated carbocycles. The molecular formula is C13H10ClF2NO3S. The molecule has 0 aliphatic heterocycles. The van der Waals surface area contributed by atoms with Crippen LogP contribution in [0.4, 0.5) is 14.5 Å². The molecule has 0 aromatic heterocycles. The number of rotatable bonds is 4. The fourth-order valence-electron chi connectivity index (χ4n) is 1.62. The fraction of sp³-hybridized carbons (Fsp3) is 0.0769. The molecule has 21 heavy (non-hydrogen) atoms. The van der Waals surface area contributed by atoms with Crippen molar-refractivity contribution in [2.75, 3.05) is 4.72 Å². The van der Waals surface area contributed by atoms with Crippen LogP contribution in [0.15, 0.2) is 41.3 Å². The molecule has 0 saturated heterocycles. The molecule has 2 aromatic rings. The number of nitrogens with one attached hydrogen (secondary N) is 1. The van der Waals surface area contributed by atoms with E-state index in [1.807, 2.05) is 4.72 Å². The smallest absolute Gasteiger partial charge is 0.262 e. The molecule has 0 aliphatic rings. The maximum absolute atomic E-state index is 13.5. The molecule has 2 rings (SSSR count). The minimum Gasteiger partial charge on any atom is -0.392 e. The third-order valence-corrected chi connectivity index (χ3v) is 4.27. The second-order valence-corrected chi connectivity index (χ2v) is 6.26. The third kappa shape index (κ3) is 3.49. The van der Waals surface area contributed by atoms with Crippen LogP contribution in [0, 0.1) is 11.6 Å². The standard InChI is InChI=1S/C13H10ClF2NO3S/c14-9-1-3-12(16)13(6-9)17-21(19,20)10-2-4-11(15)8(5-10)7-18/h1-6,17-18H,7H2. The monoisotopic (exact) mass is 333 g/mol. The van der Waals surface area contributed by atoms with Gasteiger partial charge < -0.3 is 5.11 Å². The van der Waals surface area contributed by atoms with Crippen molar-refractivity contribution in [3.05, 3.63) is 58.6 Å². The second-order valence-electron chi connectivity index (χ2n) is 4.14. The van der Waals surface area contributed by atoms with Crippen LogP contribution in [0.3, 0.4) is 0 Å². The van der Waals surface area contributed by atoms with Crippen LogP contribution in [0.1, 0.15) is 5.56 Å². The van der Waals surface area contributed by atoms with Crippen LogP contribution in [-0.2, 0) is 16.6 Å².